The van der Waals surface area contributed by atoms with Crippen LogP contribution in [0.15, 0.2) is 0 Å². The van der Waals surface area contributed by atoms with E-state index >= 15 is 0 Å². The Bertz CT molecular complexity index is 453. The van der Waals surface area contributed by atoms with Crippen LogP contribution in [0.4, 0.5) is 0 Å². The molecule has 1 aliphatic carbocycles. The topological polar surface area (TPSA) is 75.3 Å². The first-order valence-corrected chi connectivity index (χ1v) is 5.57. The van der Waals surface area contributed by atoms with Gasteiger partial charge in [0.05, 0.1) is 7.11 Å². The lowest BCUT2D eigenvalue weighted by Crippen LogP contribution is -2.26. The number of rotatable bonds is 2. The van der Waals surface area contributed by atoms with E-state index in [-0.39, 0.29) is 11.7 Å². The number of nitrogens with one attached hydrogen (secondary N) is 1. The fourth-order valence-electron chi connectivity index (χ4n) is 1.96. The Hall–Kier alpha value is -1.69. The van der Waals surface area contributed by atoms with Crippen molar-refractivity contribution >= 4 is 11.7 Å². The smallest absolute Gasteiger partial charge is 0.292 e. The van der Waals surface area contributed by atoms with Gasteiger partial charge in [-0.1, -0.05) is 0 Å². The second kappa shape index (κ2) is 4.67. The van der Waals surface area contributed by atoms with Gasteiger partial charge in [0.25, 0.3) is 5.91 Å². The molecular weight excluding hydrogens is 222 g/mol. The van der Waals surface area contributed by atoms with Crippen molar-refractivity contribution in [2.45, 2.75) is 25.7 Å². The third kappa shape index (κ3) is 2.08. The molecule has 1 amide bonds. The van der Waals surface area contributed by atoms with E-state index in [0.717, 1.165) is 23.5 Å². The summed E-state index contributed by atoms with van der Waals surface area (Å²) in [5, 5.41) is 7.72. The van der Waals surface area contributed by atoms with E-state index in [1.54, 1.807) is 0 Å². The molecule has 0 aliphatic heterocycles. The molecule has 1 aromatic rings. The van der Waals surface area contributed by atoms with Crippen molar-refractivity contribution < 1.29 is 14.4 Å². The molecule has 0 saturated carbocycles. The number of fused-ring (bicyclic) bond motifs is 1. The molecule has 1 aromatic heterocycles. The molecule has 6 heteroatoms. The van der Waals surface area contributed by atoms with Crippen LogP contribution in [0.3, 0.4) is 0 Å². The van der Waals surface area contributed by atoms with E-state index in [1.165, 1.54) is 14.2 Å². The van der Waals surface area contributed by atoms with Crippen molar-refractivity contribution in [1.82, 2.24) is 15.3 Å². The number of amides is 1. The molecule has 0 atom stereocenters. The number of aromatic amines is 1. The zero-order valence-corrected chi connectivity index (χ0v) is 9.95. The van der Waals surface area contributed by atoms with Crippen LogP contribution in [-0.2, 0) is 11.3 Å². The largest absolute Gasteiger partial charge is 0.297 e. The molecule has 92 valence electrons. The molecular formula is C11H15N3O3. The molecule has 1 aliphatic rings. The fraction of sp³-hybridized carbons (Fsp3) is 0.545. The molecule has 0 fully saturated rings. The van der Waals surface area contributed by atoms with Crippen molar-refractivity contribution in [3.05, 3.63) is 17.0 Å². The SMILES string of the molecule is CON(C)C(=O)c1n[nH]c2c1CCCCC2=O. The van der Waals surface area contributed by atoms with Gasteiger partial charge < -0.3 is 0 Å². The zero-order chi connectivity index (χ0) is 12.4. The number of hydrogen-bond donors (Lipinski definition) is 1. The predicted molar refractivity (Wildman–Crippen MR) is 59.6 cm³/mol. The maximum atomic E-state index is 11.9. The summed E-state index contributed by atoms with van der Waals surface area (Å²) in [5.74, 6) is -0.302. The van der Waals surface area contributed by atoms with Crippen LogP contribution >= 0.6 is 0 Å². The molecule has 6 nitrogen and oxygen atoms in total. The molecule has 0 spiro atoms. The van der Waals surface area contributed by atoms with Gasteiger partial charge in [0.2, 0.25) is 0 Å². The number of aromatic nitrogens is 2. The number of Topliss-reactive ketones (excluding diaryl/α,β-unsaturated/α-hetero) is 1. The van der Waals surface area contributed by atoms with E-state index in [0.29, 0.717) is 24.2 Å². The summed E-state index contributed by atoms with van der Waals surface area (Å²) in [4.78, 5) is 28.5. The summed E-state index contributed by atoms with van der Waals surface area (Å²) in [6.07, 6.45) is 2.98. The Balaban J connectivity index is 2.37. The summed E-state index contributed by atoms with van der Waals surface area (Å²) in [5.41, 5.74) is 1.50. The molecule has 0 unspecified atom stereocenters. The molecule has 0 radical (unpaired) electrons. The van der Waals surface area contributed by atoms with Gasteiger partial charge in [-0.3, -0.25) is 19.5 Å². The van der Waals surface area contributed by atoms with Gasteiger partial charge in [0, 0.05) is 19.0 Å². The van der Waals surface area contributed by atoms with Crippen LogP contribution in [0.2, 0.25) is 0 Å². The van der Waals surface area contributed by atoms with E-state index < -0.39 is 0 Å². The summed E-state index contributed by atoms with van der Waals surface area (Å²) >= 11 is 0. The highest BCUT2D eigenvalue weighted by Crippen LogP contribution is 2.22. The van der Waals surface area contributed by atoms with Crippen molar-refractivity contribution in [2.75, 3.05) is 14.2 Å². The van der Waals surface area contributed by atoms with E-state index in [4.69, 9.17) is 4.84 Å². The van der Waals surface area contributed by atoms with Crippen molar-refractivity contribution in [3.8, 4) is 0 Å². The van der Waals surface area contributed by atoms with Crippen molar-refractivity contribution in [2.24, 2.45) is 0 Å². The van der Waals surface area contributed by atoms with Gasteiger partial charge in [-0.25, -0.2) is 5.06 Å². The van der Waals surface area contributed by atoms with Crippen LogP contribution in [0, 0.1) is 0 Å². The van der Waals surface area contributed by atoms with E-state index in [2.05, 4.69) is 10.2 Å². The maximum Gasteiger partial charge on any atom is 0.297 e. The number of hydrogen-bond acceptors (Lipinski definition) is 4. The van der Waals surface area contributed by atoms with Gasteiger partial charge in [0.15, 0.2) is 11.5 Å². The van der Waals surface area contributed by atoms with Gasteiger partial charge in [-0.05, 0) is 19.3 Å². The van der Waals surface area contributed by atoms with Crippen LogP contribution in [0.5, 0.6) is 0 Å². The second-order valence-corrected chi connectivity index (χ2v) is 4.04. The number of nitrogens with zero attached hydrogens (tertiary/aromatic N) is 2. The van der Waals surface area contributed by atoms with Crippen LogP contribution in [0.25, 0.3) is 0 Å². The third-order valence-electron chi connectivity index (χ3n) is 2.99. The normalized spacial score (nSPS) is 15.3. The number of hydroxylamine groups is 2. The summed E-state index contributed by atoms with van der Waals surface area (Å²) in [6.45, 7) is 0. The van der Waals surface area contributed by atoms with Gasteiger partial charge >= 0.3 is 0 Å². The average Bonchev–Trinajstić information content (AvgIpc) is 2.68. The molecule has 0 aromatic carbocycles. The van der Waals surface area contributed by atoms with Crippen molar-refractivity contribution in [3.63, 3.8) is 0 Å². The predicted octanol–water partition coefficient (Wildman–Crippen LogP) is 0.952. The van der Waals surface area contributed by atoms with Gasteiger partial charge in [-0.15, -0.1) is 0 Å². The lowest BCUT2D eigenvalue weighted by molar-refractivity contribution is -0.0761. The first kappa shape index (κ1) is 11.8. The first-order chi connectivity index (χ1) is 8.15. The highest BCUT2D eigenvalue weighted by atomic mass is 16.7. The molecule has 0 saturated heterocycles. The lowest BCUT2D eigenvalue weighted by Gasteiger charge is -2.12. The number of ketones is 1. The average molecular weight is 237 g/mol. The van der Waals surface area contributed by atoms with Gasteiger partial charge in [0.1, 0.15) is 5.69 Å². The number of carbonyl (C=O) groups excluding carboxylic acids is 2. The highest BCUT2D eigenvalue weighted by molar-refractivity contribution is 6.01. The number of H-pyrrole nitrogens is 1. The Labute approximate surface area is 98.9 Å². The molecule has 1 heterocycles. The lowest BCUT2D eigenvalue weighted by atomic mass is 10.1. The third-order valence-corrected chi connectivity index (χ3v) is 2.99. The fourth-order valence-corrected chi connectivity index (χ4v) is 1.96. The Kier molecular flexibility index (Phi) is 3.23. The standard InChI is InChI=1S/C11H15N3O3/c1-14(17-2)11(16)10-7-5-3-4-6-8(15)9(7)12-13-10/h3-6H2,1-2H3,(H,12,13). The molecule has 17 heavy (non-hydrogen) atoms. The van der Waals surface area contributed by atoms with E-state index in [9.17, 15) is 9.59 Å². The monoisotopic (exact) mass is 237 g/mol. The van der Waals surface area contributed by atoms with E-state index in [1.807, 2.05) is 0 Å². The minimum Gasteiger partial charge on any atom is -0.292 e. The second-order valence-electron chi connectivity index (χ2n) is 4.04. The zero-order valence-electron chi connectivity index (χ0n) is 9.95. The minimum atomic E-state index is -0.334. The molecule has 1 N–H and O–H groups in total. The summed E-state index contributed by atoms with van der Waals surface area (Å²) in [7, 11) is 2.93. The molecule has 0 bridgehead atoms. The summed E-state index contributed by atoms with van der Waals surface area (Å²) < 4.78 is 0. The number of carbonyl (C=O) groups is 2. The Morgan fingerprint density at radius 3 is 2.82 bits per heavy atom. The van der Waals surface area contributed by atoms with Crippen LogP contribution < -0.4 is 0 Å². The van der Waals surface area contributed by atoms with Gasteiger partial charge in [-0.2, -0.15) is 5.10 Å². The Morgan fingerprint density at radius 2 is 2.12 bits per heavy atom. The molecule has 2 rings (SSSR count). The Morgan fingerprint density at radius 1 is 1.41 bits per heavy atom. The minimum absolute atomic E-state index is 0.0316. The maximum absolute atomic E-state index is 11.9. The van der Waals surface area contributed by atoms with Crippen LogP contribution in [0.1, 0.15) is 45.8 Å². The highest BCUT2D eigenvalue weighted by Gasteiger charge is 2.26. The van der Waals surface area contributed by atoms with Crippen molar-refractivity contribution in [1.29, 1.82) is 0 Å². The van der Waals surface area contributed by atoms with Crippen LogP contribution in [-0.4, -0.2) is 41.1 Å². The first-order valence-electron chi connectivity index (χ1n) is 5.57. The quantitative estimate of drug-likeness (QED) is 0.614. The summed E-state index contributed by atoms with van der Waals surface area (Å²) in [6, 6.07) is 0.